The van der Waals surface area contributed by atoms with Crippen LogP contribution in [0.15, 0.2) is 58.3 Å². The molecule has 2 saturated heterocycles. The van der Waals surface area contributed by atoms with Crippen molar-refractivity contribution in [1.82, 2.24) is 9.88 Å². The number of benzene rings is 1. The van der Waals surface area contributed by atoms with Crippen molar-refractivity contribution in [2.75, 3.05) is 31.1 Å². The summed E-state index contributed by atoms with van der Waals surface area (Å²) < 4.78 is 0. The molecule has 5 heteroatoms. The number of aromatic amines is 1. The standard InChI is InChI=1S/C27H32N4O/c1-19-10-11-22(31-16-12-21(13-17-31)30-14-6-7-15-30)18-25(19)28-20(2)26-23-8-4-3-5-9-24(23)29-27(26)32/h3-5,8-11,18,21H,6-7,12-17H2,1-2H3,(H,29,32)/b28-20+. The summed E-state index contributed by atoms with van der Waals surface area (Å²) in [6.07, 6.45) is 5.19. The molecule has 4 aliphatic rings. The van der Waals surface area contributed by atoms with Gasteiger partial charge in [0.05, 0.1) is 17.0 Å². The van der Waals surface area contributed by atoms with Gasteiger partial charge in [-0.3, -0.25) is 9.79 Å². The number of aromatic nitrogens is 1. The Morgan fingerprint density at radius 1 is 1.00 bits per heavy atom. The molecule has 2 fully saturated rings. The number of piperidine rings is 1. The van der Waals surface area contributed by atoms with Crippen molar-refractivity contribution in [2.45, 2.75) is 45.6 Å². The fraction of sp³-hybridized carbons (Fsp3) is 0.407. The number of H-pyrrole nitrogens is 1. The van der Waals surface area contributed by atoms with Crippen LogP contribution in [0.2, 0.25) is 0 Å². The molecule has 1 aliphatic carbocycles. The summed E-state index contributed by atoms with van der Waals surface area (Å²) in [5, 5.41) is 0. The molecule has 166 valence electrons. The maximum Gasteiger partial charge on any atom is 0.258 e. The molecule has 0 bridgehead atoms. The molecule has 1 N–H and O–H groups in total. The number of aryl methyl sites for hydroxylation is 1. The molecule has 5 nitrogen and oxygen atoms in total. The van der Waals surface area contributed by atoms with Gasteiger partial charge < -0.3 is 14.8 Å². The zero-order chi connectivity index (χ0) is 22.1. The van der Waals surface area contributed by atoms with Gasteiger partial charge in [0.15, 0.2) is 0 Å². The summed E-state index contributed by atoms with van der Waals surface area (Å²) in [6.45, 7) is 8.77. The van der Waals surface area contributed by atoms with Crippen molar-refractivity contribution in [3.63, 3.8) is 0 Å². The number of anilines is 1. The molecule has 3 aliphatic heterocycles. The first-order valence-electron chi connectivity index (χ1n) is 11.9. The average Bonchev–Trinajstić information content (AvgIpc) is 3.38. The fourth-order valence-corrected chi connectivity index (χ4v) is 5.29. The van der Waals surface area contributed by atoms with E-state index in [0.29, 0.717) is 5.56 Å². The lowest BCUT2D eigenvalue weighted by Gasteiger charge is -2.38. The molecule has 32 heavy (non-hydrogen) atoms. The highest BCUT2D eigenvalue weighted by molar-refractivity contribution is 6.05. The van der Waals surface area contributed by atoms with Crippen molar-refractivity contribution >= 4 is 17.1 Å². The van der Waals surface area contributed by atoms with E-state index >= 15 is 0 Å². The largest absolute Gasteiger partial charge is 0.371 e. The Balaban J connectivity index is 1.39. The van der Waals surface area contributed by atoms with Gasteiger partial charge in [0, 0.05) is 36.1 Å². The first-order valence-corrected chi connectivity index (χ1v) is 11.9. The van der Waals surface area contributed by atoms with Crippen molar-refractivity contribution in [1.29, 1.82) is 0 Å². The van der Waals surface area contributed by atoms with Gasteiger partial charge in [-0.1, -0.05) is 30.3 Å². The Kier molecular flexibility index (Phi) is 5.83. The monoisotopic (exact) mass is 428 g/mol. The summed E-state index contributed by atoms with van der Waals surface area (Å²) >= 11 is 0. The van der Waals surface area contributed by atoms with Crippen molar-refractivity contribution < 1.29 is 0 Å². The van der Waals surface area contributed by atoms with Gasteiger partial charge in [0.25, 0.3) is 5.56 Å². The Hall–Kier alpha value is -2.92. The first-order chi connectivity index (χ1) is 15.6. The van der Waals surface area contributed by atoms with Crippen LogP contribution in [0, 0.1) is 6.92 Å². The predicted octanol–water partition coefficient (Wildman–Crippen LogP) is 4.99. The van der Waals surface area contributed by atoms with E-state index in [2.05, 4.69) is 39.9 Å². The van der Waals surface area contributed by atoms with Gasteiger partial charge in [-0.25, -0.2) is 0 Å². The van der Waals surface area contributed by atoms with E-state index in [4.69, 9.17) is 4.99 Å². The van der Waals surface area contributed by atoms with Crippen LogP contribution in [-0.4, -0.2) is 47.8 Å². The van der Waals surface area contributed by atoms with Crippen LogP contribution in [0.3, 0.4) is 0 Å². The number of rotatable bonds is 4. The lowest BCUT2D eigenvalue weighted by molar-refractivity contribution is 0.208. The summed E-state index contributed by atoms with van der Waals surface area (Å²) in [5.41, 5.74) is 6.39. The summed E-state index contributed by atoms with van der Waals surface area (Å²) in [5.74, 6) is 0. The molecule has 0 atom stereocenters. The van der Waals surface area contributed by atoms with E-state index in [-0.39, 0.29) is 5.56 Å². The topological polar surface area (TPSA) is 51.7 Å². The van der Waals surface area contributed by atoms with Crippen LogP contribution in [-0.2, 0) is 0 Å². The summed E-state index contributed by atoms with van der Waals surface area (Å²) in [7, 11) is 0. The molecule has 1 aromatic rings. The van der Waals surface area contributed by atoms with E-state index in [1.54, 1.807) is 0 Å². The average molecular weight is 429 g/mol. The minimum absolute atomic E-state index is 0.0785. The van der Waals surface area contributed by atoms with E-state index < -0.39 is 0 Å². The summed E-state index contributed by atoms with van der Waals surface area (Å²) in [6, 6.07) is 17.1. The van der Waals surface area contributed by atoms with Crippen molar-refractivity contribution in [2.24, 2.45) is 4.99 Å². The highest BCUT2D eigenvalue weighted by Gasteiger charge is 2.26. The van der Waals surface area contributed by atoms with E-state index in [1.807, 2.05) is 37.3 Å². The normalized spacial score (nSPS) is 18.6. The summed E-state index contributed by atoms with van der Waals surface area (Å²) in [4.78, 5) is 25.7. The molecule has 0 radical (unpaired) electrons. The van der Waals surface area contributed by atoms with Crippen LogP contribution in [0.4, 0.5) is 11.4 Å². The Morgan fingerprint density at radius 3 is 2.53 bits per heavy atom. The Labute approximate surface area is 190 Å². The minimum atomic E-state index is -0.0785. The highest BCUT2D eigenvalue weighted by atomic mass is 16.1. The van der Waals surface area contributed by atoms with E-state index in [1.165, 1.54) is 44.5 Å². The number of hydrogen-bond donors (Lipinski definition) is 1. The number of fused-ring (bicyclic) bond motifs is 1. The number of likely N-dealkylation sites (tertiary alicyclic amines) is 1. The Bertz CT molecular complexity index is 1150. The molecule has 0 saturated carbocycles. The van der Waals surface area contributed by atoms with Gasteiger partial charge in [-0.2, -0.15) is 0 Å². The number of nitrogens with one attached hydrogen (secondary N) is 1. The second-order valence-electron chi connectivity index (χ2n) is 9.20. The van der Waals surface area contributed by atoms with Crippen LogP contribution in [0.5, 0.6) is 0 Å². The van der Waals surface area contributed by atoms with Crippen LogP contribution in [0.1, 0.15) is 43.7 Å². The number of aliphatic imine (C=N–C) groups is 1. The number of nitrogens with zero attached hydrogens (tertiary/aromatic N) is 3. The first kappa shape index (κ1) is 21.0. The molecular formula is C27H32N4O. The molecule has 0 aromatic heterocycles. The van der Waals surface area contributed by atoms with Gasteiger partial charge in [-0.15, -0.1) is 0 Å². The van der Waals surface area contributed by atoms with Gasteiger partial charge in [0.1, 0.15) is 0 Å². The zero-order valence-corrected chi connectivity index (χ0v) is 19.1. The second kappa shape index (κ2) is 8.91. The van der Waals surface area contributed by atoms with E-state index in [0.717, 1.165) is 47.4 Å². The van der Waals surface area contributed by atoms with Crippen LogP contribution < -0.4 is 10.5 Å². The minimum Gasteiger partial charge on any atom is -0.371 e. The van der Waals surface area contributed by atoms with Gasteiger partial charge in [0.2, 0.25) is 0 Å². The highest BCUT2D eigenvalue weighted by Crippen LogP contribution is 2.30. The molecular weight excluding hydrogens is 396 g/mol. The third kappa shape index (κ3) is 4.09. The predicted molar refractivity (Wildman–Crippen MR) is 133 cm³/mol. The maximum absolute atomic E-state index is 12.7. The second-order valence-corrected chi connectivity index (χ2v) is 9.20. The Morgan fingerprint density at radius 2 is 1.75 bits per heavy atom. The molecule has 0 spiro atoms. The smallest absolute Gasteiger partial charge is 0.258 e. The van der Waals surface area contributed by atoms with Crippen molar-refractivity contribution in [3.8, 4) is 11.3 Å². The van der Waals surface area contributed by atoms with Crippen LogP contribution in [0.25, 0.3) is 11.3 Å². The molecule has 0 amide bonds. The zero-order valence-electron chi connectivity index (χ0n) is 19.1. The number of hydrogen-bond acceptors (Lipinski definition) is 4. The lowest BCUT2D eigenvalue weighted by atomic mass is 10.0. The van der Waals surface area contributed by atoms with Gasteiger partial charge in [-0.05, 0) is 76.4 Å². The van der Waals surface area contributed by atoms with Crippen molar-refractivity contribution in [3.05, 3.63) is 70.0 Å². The third-order valence-corrected chi connectivity index (χ3v) is 7.11. The quantitative estimate of drug-likeness (QED) is 0.596. The fourth-order valence-electron chi connectivity index (χ4n) is 5.29. The molecule has 5 rings (SSSR count). The maximum atomic E-state index is 12.7. The third-order valence-electron chi connectivity index (χ3n) is 7.11. The molecule has 3 heterocycles. The lowest BCUT2D eigenvalue weighted by Crippen LogP contribution is -2.43. The van der Waals surface area contributed by atoms with E-state index in [9.17, 15) is 4.79 Å². The van der Waals surface area contributed by atoms with Gasteiger partial charge >= 0.3 is 0 Å². The SMILES string of the molecule is C/C(=N\c1cc(N2CCC(N3CCCC3)CC2)ccc1C)c1c2cccccc-2[nH]c1=O. The van der Waals surface area contributed by atoms with Crippen LogP contribution >= 0.6 is 0 Å². The molecule has 0 unspecified atom stereocenters. The molecule has 1 aromatic carbocycles.